The van der Waals surface area contributed by atoms with Crippen molar-refractivity contribution in [3.63, 3.8) is 0 Å². The zero-order chi connectivity index (χ0) is 24.5. The van der Waals surface area contributed by atoms with Crippen molar-refractivity contribution < 1.29 is 29.1 Å². The van der Waals surface area contributed by atoms with Crippen molar-refractivity contribution in [1.29, 1.82) is 0 Å². The summed E-state index contributed by atoms with van der Waals surface area (Å²) in [5.41, 5.74) is 16.5. The summed E-state index contributed by atoms with van der Waals surface area (Å²) in [6, 6.07) is -3.50. The molecule has 0 bridgehead atoms. The first-order valence-electron chi connectivity index (χ1n) is 11.6. The molecular weight excluding hydrogens is 432 g/mol. The minimum Gasteiger partial charge on any atom is -0.480 e. The minimum atomic E-state index is -1.13. The summed E-state index contributed by atoms with van der Waals surface area (Å²) in [7, 11) is 0. The number of nitrogens with one attached hydrogen (secondary N) is 1. The lowest BCUT2D eigenvalue weighted by molar-refractivity contribution is -0.148. The molecule has 0 aromatic heterocycles. The Morgan fingerprint density at radius 1 is 0.970 bits per heavy atom. The van der Waals surface area contributed by atoms with E-state index in [0.29, 0.717) is 58.2 Å². The summed E-state index contributed by atoms with van der Waals surface area (Å²) in [6.07, 6.45) is 3.65. The number of likely N-dealkylation sites (tertiary alicyclic amines) is 2. The van der Waals surface area contributed by atoms with Gasteiger partial charge in [-0.05, 0) is 57.9 Å². The lowest BCUT2D eigenvalue weighted by Gasteiger charge is -2.32. The molecule has 0 aromatic rings. The number of carbonyl (C=O) groups excluding carboxylic acids is 4. The number of hydrogen-bond acceptors (Lipinski definition) is 7. The average molecular weight is 469 g/mol. The van der Waals surface area contributed by atoms with Crippen LogP contribution in [0.3, 0.4) is 0 Å². The zero-order valence-corrected chi connectivity index (χ0v) is 18.9. The lowest BCUT2D eigenvalue weighted by Crippen LogP contribution is -2.56. The van der Waals surface area contributed by atoms with Crippen LogP contribution >= 0.6 is 0 Å². The van der Waals surface area contributed by atoms with Crippen LogP contribution in [0.25, 0.3) is 0 Å². The van der Waals surface area contributed by atoms with Gasteiger partial charge in [0.05, 0.1) is 6.04 Å². The van der Waals surface area contributed by atoms with Crippen molar-refractivity contribution in [2.45, 2.75) is 82.0 Å². The van der Waals surface area contributed by atoms with Gasteiger partial charge in [-0.3, -0.25) is 19.2 Å². The van der Waals surface area contributed by atoms with E-state index >= 15 is 0 Å². The molecule has 0 spiro atoms. The molecule has 4 unspecified atom stereocenters. The number of carboxylic acid groups (broad SMARTS) is 1. The third kappa shape index (κ3) is 7.13. The molecule has 2 fully saturated rings. The van der Waals surface area contributed by atoms with Crippen LogP contribution in [0.5, 0.6) is 0 Å². The Bertz CT molecular complexity index is 747. The van der Waals surface area contributed by atoms with E-state index in [1.54, 1.807) is 0 Å². The van der Waals surface area contributed by atoms with Crippen LogP contribution < -0.4 is 22.5 Å². The van der Waals surface area contributed by atoms with Gasteiger partial charge in [-0.1, -0.05) is 0 Å². The van der Waals surface area contributed by atoms with Gasteiger partial charge < -0.3 is 37.4 Å². The fourth-order valence-corrected chi connectivity index (χ4v) is 4.43. The summed E-state index contributed by atoms with van der Waals surface area (Å²) in [5.74, 6) is -2.95. The molecule has 33 heavy (non-hydrogen) atoms. The van der Waals surface area contributed by atoms with E-state index in [2.05, 4.69) is 5.32 Å². The number of aliphatic carboxylic acids is 1. The summed E-state index contributed by atoms with van der Waals surface area (Å²) in [5, 5.41) is 12.0. The molecule has 0 saturated carbocycles. The molecule has 4 amide bonds. The van der Waals surface area contributed by atoms with Gasteiger partial charge in [0.25, 0.3) is 0 Å². The van der Waals surface area contributed by atoms with Crippen molar-refractivity contribution in [1.82, 2.24) is 15.1 Å². The number of carboxylic acids is 1. The number of hydrogen-bond donors (Lipinski definition) is 5. The monoisotopic (exact) mass is 468 g/mol. The van der Waals surface area contributed by atoms with Crippen LogP contribution in [0.1, 0.15) is 57.8 Å². The quantitative estimate of drug-likeness (QED) is 0.208. The molecule has 2 rings (SSSR count). The predicted molar refractivity (Wildman–Crippen MR) is 118 cm³/mol. The van der Waals surface area contributed by atoms with E-state index in [1.165, 1.54) is 9.80 Å². The fourth-order valence-electron chi connectivity index (χ4n) is 4.43. The molecule has 186 valence electrons. The lowest BCUT2D eigenvalue weighted by atomic mass is 10.1. The molecule has 0 radical (unpaired) electrons. The third-order valence-corrected chi connectivity index (χ3v) is 6.24. The van der Waals surface area contributed by atoms with Gasteiger partial charge in [0.15, 0.2) is 0 Å². The minimum absolute atomic E-state index is 0.0241. The van der Waals surface area contributed by atoms with Crippen LogP contribution in [0.15, 0.2) is 0 Å². The smallest absolute Gasteiger partial charge is 0.326 e. The summed E-state index contributed by atoms with van der Waals surface area (Å²) >= 11 is 0. The number of nitrogens with zero attached hydrogens (tertiary/aromatic N) is 2. The van der Waals surface area contributed by atoms with Gasteiger partial charge in [0.1, 0.15) is 18.1 Å². The van der Waals surface area contributed by atoms with Gasteiger partial charge in [-0.15, -0.1) is 0 Å². The highest BCUT2D eigenvalue weighted by Gasteiger charge is 2.43. The molecule has 2 heterocycles. The molecule has 2 aliphatic heterocycles. The van der Waals surface area contributed by atoms with Crippen LogP contribution in [0.4, 0.5) is 0 Å². The molecule has 0 aliphatic carbocycles. The van der Waals surface area contributed by atoms with Crippen molar-refractivity contribution in [3.05, 3.63) is 0 Å². The van der Waals surface area contributed by atoms with Crippen LogP contribution in [0.2, 0.25) is 0 Å². The highest BCUT2D eigenvalue weighted by atomic mass is 16.4. The van der Waals surface area contributed by atoms with Gasteiger partial charge in [0, 0.05) is 19.5 Å². The predicted octanol–water partition coefficient (Wildman–Crippen LogP) is -1.74. The van der Waals surface area contributed by atoms with Crippen molar-refractivity contribution >= 4 is 29.6 Å². The Morgan fingerprint density at radius 3 is 2.21 bits per heavy atom. The third-order valence-electron chi connectivity index (χ3n) is 6.24. The number of carbonyl (C=O) groups is 5. The standard InChI is InChI=1S/C21H36N6O6/c22-10-2-1-5-14(21(32)33)25-18(29)15-6-3-11-26(15)20(31)16-7-4-12-27(16)19(30)13(23)8-9-17(24)28/h13-16H,1-12,22-23H2,(H2,24,28)(H,25,29)(H,32,33). The maximum Gasteiger partial charge on any atom is 0.326 e. The Kier molecular flexibility index (Phi) is 10.0. The molecule has 0 aromatic carbocycles. The first-order valence-corrected chi connectivity index (χ1v) is 11.6. The second-order valence-electron chi connectivity index (χ2n) is 8.67. The number of rotatable bonds is 12. The van der Waals surface area contributed by atoms with E-state index in [1.807, 2.05) is 0 Å². The molecule has 12 nitrogen and oxygen atoms in total. The van der Waals surface area contributed by atoms with Gasteiger partial charge in [-0.25, -0.2) is 4.79 Å². The highest BCUT2D eigenvalue weighted by molar-refractivity contribution is 5.95. The van der Waals surface area contributed by atoms with Gasteiger partial charge in [0.2, 0.25) is 23.6 Å². The molecular formula is C21H36N6O6. The zero-order valence-electron chi connectivity index (χ0n) is 18.9. The highest BCUT2D eigenvalue weighted by Crippen LogP contribution is 2.26. The Balaban J connectivity index is 2.03. The second kappa shape index (κ2) is 12.5. The van der Waals surface area contributed by atoms with E-state index in [9.17, 15) is 29.1 Å². The number of nitrogens with two attached hydrogens (primary N) is 3. The largest absolute Gasteiger partial charge is 0.480 e. The number of amides is 4. The van der Waals surface area contributed by atoms with E-state index in [-0.39, 0.29) is 25.2 Å². The molecule has 2 saturated heterocycles. The maximum absolute atomic E-state index is 13.3. The van der Waals surface area contributed by atoms with Crippen LogP contribution in [0, 0.1) is 0 Å². The van der Waals surface area contributed by atoms with Crippen molar-refractivity contribution in [2.24, 2.45) is 17.2 Å². The van der Waals surface area contributed by atoms with E-state index in [0.717, 1.165) is 0 Å². The van der Waals surface area contributed by atoms with E-state index < -0.39 is 47.9 Å². The SMILES string of the molecule is NCCCCC(NC(=O)C1CCCN1C(=O)C1CCCN1C(=O)C(N)CCC(N)=O)C(=O)O. The van der Waals surface area contributed by atoms with Gasteiger partial charge in [-0.2, -0.15) is 0 Å². The molecule has 12 heteroatoms. The topological polar surface area (TPSA) is 202 Å². The number of unbranched alkanes of at least 4 members (excludes halogenated alkanes) is 1. The average Bonchev–Trinajstić information content (AvgIpc) is 3.45. The van der Waals surface area contributed by atoms with Crippen molar-refractivity contribution in [3.8, 4) is 0 Å². The van der Waals surface area contributed by atoms with Crippen LogP contribution in [-0.4, -0.2) is 88.3 Å². The maximum atomic E-state index is 13.3. The van der Waals surface area contributed by atoms with Crippen LogP contribution in [-0.2, 0) is 24.0 Å². The van der Waals surface area contributed by atoms with Crippen molar-refractivity contribution in [2.75, 3.05) is 19.6 Å². The van der Waals surface area contributed by atoms with Gasteiger partial charge >= 0.3 is 5.97 Å². The second-order valence-corrected chi connectivity index (χ2v) is 8.67. The number of primary amides is 1. The Hall–Kier alpha value is -2.73. The Morgan fingerprint density at radius 2 is 1.61 bits per heavy atom. The fraction of sp³-hybridized carbons (Fsp3) is 0.762. The summed E-state index contributed by atoms with van der Waals surface area (Å²) < 4.78 is 0. The molecule has 2 aliphatic rings. The molecule has 4 atom stereocenters. The summed E-state index contributed by atoms with van der Waals surface area (Å²) in [6.45, 7) is 1.16. The first-order chi connectivity index (χ1) is 15.7. The first kappa shape index (κ1) is 26.5. The van der Waals surface area contributed by atoms with E-state index in [4.69, 9.17) is 17.2 Å². The molecule has 8 N–H and O–H groups in total. The summed E-state index contributed by atoms with van der Waals surface area (Å²) in [4.78, 5) is 64.3. The normalized spacial score (nSPS) is 22.1. The Labute approximate surface area is 193 Å².